The van der Waals surface area contributed by atoms with Crippen molar-refractivity contribution >= 4 is 21.8 Å². The molecule has 0 saturated carbocycles. The number of nitrogens with zero attached hydrogens (tertiary/aromatic N) is 3. The molecule has 2 atom stereocenters. The molecule has 1 aromatic carbocycles. The Morgan fingerprint density at radius 2 is 2.21 bits per heavy atom. The molecule has 0 N–H and O–H groups in total. The van der Waals surface area contributed by atoms with Gasteiger partial charge in [-0.2, -0.15) is 13.7 Å². The Morgan fingerprint density at radius 1 is 1.46 bits per heavy atom. The molecule has 0 amide bonds. The number of hydrogen-bond acceptors (Lipinski definition) is 6. The van der Waals surface area contributed by atoms with Gasteiger partial charge >= 0.3 is 5.97 Å². The van der Waals surface area contributed by atoms with Gasteiger partial charge in [0.25, 0.3) is 10.0 Å². The van der Waals surface area contributed by atoms with Crippen molar-refractivity contribution in [3.05, 3.63) is 29.8 Å². The van der Waals surface area contributed by atoms with Crippen molar-refractivity contribution in [2.45, 2.75) is 30.8 Å². The van der Waals surface area contributed by atoms with Crippen LogP contribution in [0, 0.1) is 17.2 Å². The van der Waals surface area contributed by atoms with Gasteiger partial charge in [-0.05, 0) is 31.9 Å². The fourth-order valence-electron chi connectivity index (χ4n) is 2.98. The molecular formula is C16H17N3O4S. The molecule has 0 bridgehead atoms. The number of fused-ring (bicyclic) bond motifs is 1. The lowest BCUT2D eigenvalue weighted by atomic mass is 9.97. The molecule has 126 valence electrons. The van der Waals surface area contributed by atoms with Gasteiger partial charge in [-0.25, -0.2) is 0 Å². The van der Waals surface area contributed by atoms with Crippen molar-refractivity contribution in [1.29, 1.82) is 5.26 Å². The van der Waals surface area contributed by atoms with Crippen LogP contribution in [0.5, 0.6) is 0 Å². The Hall–Kier alpha value is -2.40. The molecule has 1 aromatic rings. The second-order valence-corrected chi connectivity index (χ2v) is 7.45. The van der Waals surface area contributed by atoms with Gasteiger partial charge in [0.1, 0.15) is 11.0 Å². The van der Waals surface area contributed by atoms with E-state index in [-0.39, 0.29) is 4.90 Å². The van der Waals surface area contributed by atoms with Crippen LogP contribution in [0.25, 0.3) is 0 Å². The van der Waals surface area contributed by atoms with Crippen molar-refractivity contribution in [1.82, 2.24) is 4.90 Å². The third-order valence-electron chi connectivity index (χ3n) is 4.14. The van der Waals surface area contributed by atoms with Gasteiger partial charge in [-0.3, -0.25) is 4.79 Å². The van der Waals surface area contributed by atoms with Crippen molar-refractivity contribution in [3.8, 4) is 6.07 Å². The fraction of sp³-hybridized carbons (Fsp3) is 0.438. The summed E-state index contributed by atoms with van der Waals surface area (Å²) in [5, 5.41) is 8.75. The molecule has 0 aliphatic carbocycles. The zero-order valence-electron chi connectivity index (χ0n) is 13.2. The van der Waals surface area contributed by atoms with Crippen molar-refractivity contribution in [2.24, 2.45) is 10.3 Å². The molecule has 2 aliphatic heterocycles. The predicted octanol–water partition coefficient (Wildman–Crippen LogP) is 1.30. The SMILES string of the molecule is C[C@H](C#N)OC(=O)[C@@H]1CCCN(C2=NS(=O)(=O)c3ccccc32)C1. The van der Waals surface area contributed by atoms with E-state index in [1.807, 2.05) is 11.0 Å². The normalized spacial score (nSPS) is 22.9. The molecule has 8 heteroatoms. The minimum atomic E-state index is -3.68. The molecule has 7 nitrogen and oxygen atoms in total. The first-order valence-corrected chi connectivity index (χ1v) is 9.16. The number of esters is 1. The molecule has 0 unspecified atom stereocenters. The summed E-state index contributed by atoms with van der Waals surface area (Å²) in [4.78, 5) is 14.2. The fourth-order valence-corrected chi connectivity index (χ4v) is 4.20. The number of carbonyl (C=O) groups excluding carboxylic acids is 1. The minimum Gasteiger partial charge on any atom is -0.447 e. The molecule has 1 saturated heterocycles. The highest BCUT2D eigenvalue weighted by Crippen LogP contribution is 2.30. The maximum Gasteiger partial charge on any atom is 0.312 e. The van der Waals surface area contributed by atoms with E-state index in [2.05, 4.69) is 4.40 Å². The molecule has 0 radical (unpaired) electrons. The van der Waals surface area contributed by atoms with Crippen LogP contribution in [0.1, 0.15) is 25.3 Å². The summed E-state index contributed by atoms with van der Waals surface area (Å²) in [6.07, 6.45) is 0.578. The lowest BCUT2D eigenvalue weighted by molar-refractivity contribution is -0.152. The molecule has 24 heavy (non-hydrogen) atoms. The van der Waals surface area contributed by atoms with E-state index in [0.717, 1.165) is 6.42 Å². The van der Waals surface area contributed by atoms with Crippen LogP contribution < -0.4 is 0 Å². The lowest BCUT2D eigenvalue weighted by Gasteiger charge is -2.33. The third kappa shape index (κ3) is 2.99. The predicted molar refractivity (Wildman–Crippen MR) is 85.6 cm³/mol. The second-order valence-electron chi connectivity index (χ2n) is 5.88. The van der Waals surface area contributed by atoms with Gasteiger partial charge in [-0.15, -0.1) is 4.40 Å². The number of benzene rings is 1. The van der Waals surface area contributed by atoms with Crippen LogP contribution in [0.4, 0.5) is 0 Å². The average Bonchev–Trinajstić information content (AvgIpc) is 2.87. The van der Waals surface area contributed by atoms with E-state index in [9.17, 15) is 13.2 Å². The molecule has 3 rings (SSSR count). The number of amidine groups is 1. The number of likely N-dealkylation sites (tertiary alicyclic amines) is 1. The summed E-state index contributed by atoms with van der Waals surface area (Å²) in [6, 6.07) is 8.54. The van der Waals surface area contributed by atoms with Gasteiger partial charge in [0.05, 0.1) is 5.92 Å². The van der Waals surface area contributed by atoms with Crippen LogP contribution in [0.15, 0.2) is 33.6 Å². The first-order valence-electron chi connectivity index (χ1n) is 7.72. The van der Waals surface area contributed by atoms with Gasteiger partial charge in [-0.1, -0.05) is 12.1 Å². The molecular weight excluding hydrogens is 330 g/mol. The zero-order valence-corrected chi connectivity index (χ0v) is 14.0. The Labute approximate surface area is 140 Å². The Kier molecular flexibility index (Phi) is 4.28. The molecule has 2 heterocycles. The van der Waals surface area contributed by atoms with E-state index in [1.54, 1.807) is 18.2 Å². The molecule has 2 aliphatic rings. The maximum absolute atomic E-state index is 12.2. The Balaban J connectivity index is 1.82. The number of carbonyl (C=O) groups is 1. The van der Waals surface area contributed by atoms with Crippen LogP contribution >= 0.6 is 0 Å². The van der Waals surface area contributed by atoms with Crippen molar-refractivity contribution in [2.75, 3.05) is 13.1 Å². The Morgan fingerprint density at radius 3 is 2.96 bits per heavy atom. The zero-order chi connectivity index (χ0) is 17.3. The summed E-state index contributed by atoms with van der Waals surface area (Å²) < 4.78 is 33.3. The van der Waals surface area contributed by atoms with Crippen LogP contribution in [-0.2, 0) is 19.6 Å². The summed E-state index contributed by atoms with van der Waals surface area (Å²) in [7, 11) is -3.68. The highest BCUT2D eigenvalue weighted by molar-refractivity contribution is 7.90. The summed E-state index contributed by atoms with van der Waals surface area (Å²) in [6.45, 7) is 2.47. The van der Waals surface area contributed by atoms with Crippen molar-refractivity contribution in [3.63, 3.8) is 0 Å². The summed E-state index contributed by atoms with van der Waals surface area (Å²) in [5.41, 5.74) is 0.567. The smallest absolute Gasteiger partial charge is 0.312 e. The minimum absolute atomic E-state index is 0.197. The van der Waals surface area contributed by atoms with E-state index in [4.69, 9.17) is 10.00 Å². The van der Waals surface area contributed by atoms with E-state index >= 15 is 0 Å². The van der Waals surface area contributed by atoms with Crippen LogP contribution in [-0.4, -0.2) is 44.3 Å². The quantitative estimate of drug-likeness (QED) is 0.748. The number of rotatable bonds is 2. The summed E-state index contributed by atoms with van der Waals surface area (Å²) in [5.74, 6) is -0.437. The lowest BCUT2D eigenvalue weighted by Crippen LogP contribution is -2.43. The first-order chi connectivity index (χ1) is 11.4. The molecule has 0 spiro atoms. The molecule has 0 aromatic heterocycles. The number of hydrogen-bond donors (Lipinski definition) is 0. The van der Waals surface area contributed by atoms with Gasteiger partial charge in [0.2, 0.25) is 0 Å². The number of nitriles is 1. The standard InChI is InChI=1S/C16H17N3O4S/c1-11(9-17)23-16(20)12-5-4-8-19(10-12)15-13-6-2-3-7-14(13)24(21,22)18-15/h2-3,6-7,11-12H,4-5,8,10H2,1H3/t11-,12-/m1/s1. The monoisotopic (exact) mass is 347 g/mol. The Bertz CT molecular complexity index is 841. The topological polar surface area (TPSA) is 99.8 Å². The van der Waals surface area contributed by atoms with Gasteiger partial charge in [0.15, 0.2) is 11.9 Å². The van der Waals surface area contributed by atoms with E-state index in [1.165, 1.54) is 13.0 Å². The second kappa shape index (κ2) is 6.24. The number of sulfonamides is 1. The average molecular weight is 347 g/mol. The van der Waals surface area contributed by atoms with E-state index < -0.39 is 28.0 Å². The van der Waals surface area contributed by atoms with Crippen LogP contribution in [0.3, 0.4) is 0 Å². The molecule has 1 fully saturated rings. The first kappa shape index (κ1) is 16.5. The summed E-state index contributed by atoms with van der Waals surface area (Å²) >= 11 is 0. The third-order valence-corrected chi connectivity index (χ3v) is 5.47. The highest BCUT2D eigenvalue weighted by atomic mass is 32.2. The highest BCUT2D eigenvalue weighted by Gasteiger charge is 2.35. The maximum atomic E-state index is 12.2. The number of ether oxygens (including phenoxy) is 1. The number of piperidine rings is 1. The largest absolute Gasteiger partial charge is 0.447 e. The van der Waals surface area contributed by atoms with E-state index in [0.29, 0.717) is 30.9 Å². The van der Waals surface area contributed by atoms with Gasteiger partial charge < -0.3 is 9.64 Å². The van der Waals surface area contributed by atoms with Crippen LogP contribution in [0.2, 0.25) is 0 Å². The van der Waals surface area contributed by atoms with Gasteiger partial charge in [0, 0.05) is 18.7 Å². The van der Waals surface area contributed by atoms with Crippen molar-refractivity contribution < 1.29 is 17.9 Å².